The molecule has 1 aromatic carbocycles. The van der Waals surface area contributed by atoms with E-state index in [1.807, 2.05) is 0 Å². The molecule has 1 saturated heterocycles. The highest BCUT2D eigenvalue weighted by Crippen LogP contribution is 2.25. The Morgan fingerprint density at radius 3 is 3.12 bits per heavy atom. The van der Waals surface area contributed by atoms with Crippen LogP contribution in [0.2, 0.25) is 0 Å². The van der Waals surface area contributed by atoms with Gasteiger partial charge in [0.2, 0.25) is 0 Å². The maximum atomic E-state index is 13.1. The lowest BCUT2D eigenvalue weighted by molar-refractivity contribution is 0.0900. The molecule has 4 heteroatoms. The second kappa shape index (κ2) is 5.36. The third-order valence-electron chi connectivity index (χ3n) is 3.32. The van der Waals surface area contributed by atoms with Crippen molar-refractivity contribution in [2.24, 2.45) is 5.92 Å². The Morgan fingerprint density at radius 1 is 1.53 bits per heavy atom. The van der Waals surface area contributed by atoms with Crippen LogP contribution >= 0.6 is 0 Å². The van der Waals surface area contributed by atoms with E-state index in [4.69, 9.17) is 10.5 Å². The van der Waals surface area contributed by atoms with Gasteiger partial charge in [-0.3, -0.25) is 0 Å². The van der Waals surface area contributed by atoms with Crippen molar-refractivity contribution < 1.29 is 9.13 Å². The van der Waals surface area contributed by atoms with Crippen LogP contribution in [0.5, 0.6) is 0 Å². The average molecular weight is 238 g/mol. The molecule has 1 aliphatic heterocycles. The number of nitrogens with one attached hydrogen (secondary N) is 1. The molecule has 17 heavy (non-hydrogen) atoms. The Kier molecular flexibility index (Phi) is 3.84. The zero-order valence-electron chi connectivity index (χ0n) is 10.1. The Hall–Kier alpha value is -1.29. The lowest BCUT2D eigenvalue weighted by Crippen LogP contribution is -2.23. The van der Waals surface area contributed by atoms with Gasteiger partial charge in [-0.05, 0) is 31.0 Å². The standard InChI is InChI=1S/C13H19FN2O/c1-2-13-9(5-6-17-13)8-16-12-7-10(14)3-4-11(12)15/h3-4,7,9,13,16H,2,5-6,8,15H2,1H3. The highest BCUT2D eigenvalue weighted by Gasteiger charge is 2.26. The lowest BCUT2D eigenvalue weighted by Gasteiger charge is -2.18. The zero-order valence-corrected chi connectivity index (χ0v) is 10.1. The van der Waals surface area contributed by atoms with Gasteiger partial charge >= 0.3 is 0 Å². The van der Waals surface area contributed by atoms with Crippen LogP contribution < -0.4 is 11.1 Å². The molecule has 1 aliphatic rings. The number of hydrogen-bond acceptors (Lipinski definition) is 3. The largest absolute Gasteiger partial charge is 0.397 e. The van der Waals surface area contributed by atoms with Gasteiger partial charge in [0.1, 0.15) is 5.82 Å². The summed E-state index contributed by atoms with van der Waals surface area (Å²) in [5, 5.41) is 3.22. The summed E-state index contributed by atoms with van der Waals surface area (Å²) in [5.74, 6) is 0.221. The predicted molar refractivity (Wildman–Crippen MR) is 67.4 cm³/mol. The van der Waals surface area contributed by atoms with Gasteiger partial charge in [0.05, 0.1) is 17.5 Å². The molecule has 2 atom stereocenters. The van der Waals surface area contributed by atoms with Crippen molar-refractivity contribution >= 4 is 11.4 Å². The fourth-order valence-electron chi connectivity index (χ4n) is 2.30. The minimum Gasteiger partial charge on any atom is -0.397 e. The molecule has 1 aromatic rings. The van der Waals surface area contributed by atoms with E-state index in [2.05, 4.69) is 12.2 Å². The number of halogens is 1. The first-order chi connectivity index (χ1) is 8.20. The summed E-state index contributed by atoms with van der Waals surface area (Å²) in [6.07, 6.45) is 2.39. The van der Waals surface area contributed by atoms with E-state index in [0.29, 0.717) is 23.4 Å². The van der Waals surface area contributed by atoms with E-state index in [0.717, 1.165) is 26.0 Å². The first-order valence-corrected chi connectivity index (χ1v) is 6.11. The third-order valence-corrected chi connectivity index (χ3v) is 3.32. The maximum Gasteiger partial charge on any atom is 0.125 e. The molecule has 0 radical (unpaired) electrons. The molecule has 0 bridgehead atoms. The van der Waals surface area contributed by atoms with Crippen molar-refractivity contribution in [3.8, 4) is 0 Å². The summed E-state index contributed by atoms with van der Waals surface area (Å²) in [5.41, 5.74) is 7.04. The Bertz CT molecular complexity index is 384. The number of rotatable bonds is 4. The van der Waals surface area contributed by atoms with Crippen LogP contribution in [0.4, 0.5) is 15.8 Å². The van der Waals surface area contributed by atoms with Crippen LogP contribution in [-0.4, -0.2) is 19.3 Å². The van der Waals surface area contributed by atoms with Crippen molar-refractivity contribution in [2.45, 2.75) is 25.9 Å². The monoisotopic (exact) mass is 238 g/mol. The highest BCUT2D eigenvalue weighted by molar-refractivity contribution is 5.65. The summed E-state index contributed by atoms with van der Waals surface area (Å²) in [6.45, 7) is 3.73. The molecule has 94 valence electrons. The van der Waals surface area contributed by atoms with Crippen molar-refractivity contribution in [1.29, 1.82) is 0 Å². The number of benzene rings is 1. The minimum atomic E-state index is -0.267. The molecule has 2 unspecified atom stereocenters. The number of nitrogen functional groups attached to an aromatic ring is 1. The van der Waals surface area contributed by atoms with Crippen LogP contribution in [0.25, 0.3) is 0 Å². The van der Waals surface area contributed by atoms with Gasteiger partial charge in [-0.2, -0.15) is 0 Å². The van der Waals surface area contributed by atoms with E-state index in [1.165, 1.54) is 12.1 Å². The minimum absolute atomic E-state index is 0.267. The van der Waals surface area contributed by atoms with E-state index >= 15 is 0 Å². The van der Waals surface area contributed by atoms with Crippen LogP contribution in [0.3, 0.4) is 0 Å². The second-order valence-electron chi connectivity index (χ2n) is 4.48. The quantitative estimate of drug-likeness (QED) is 0.793. The molecular formula is C13H19FN2O. The van der Waals surface area contributed by atoms with Crippen LogP contribution in [0.1, 0.15) is 19.8 Å². The fraction of sp³-hybridized carbons (Fsp3) is 0.538. The van der Waals surface area contributed by atoms with Gasteiger partial charge in [-0.1, -0.05) is 6.92 Å². The van der Waals surface area contributed by atoms with Gasteiger partial charge < -0.3 is 15.8 Å². The molecular weight excluding hydrogens is 219 g/mol. The number of anilines is 2. The second-order valence-corrected chi connectivity index (χ2v) is 4.48. The molecule has 1 heterocycles. The lowest BCUT2D eigenvalue weighted by atomic mass is 9.99. The first-order valence-electron chi connectivity index (χ1n) is 6.11. The molecule has 0 aromatic heterocycles. The van der Waals surface area contributed by atoms with Crippen molar-refractivity contribution in [3.05, 3.63) is 24.0 Å². The van der Waals surface area contributed by atoms with Gasteiger partial charge in [0.15, 0.2) is 0 Å². The summed E-state index contributed by atoms with van der Waals surface area (Å²) < 4.78 is 18.7. The third kappa shape index (κ3) is 2.88. The maximum absolute atomic E-state index is 13.1. The average Bonchev–Trinajstić information content (AvgIpc) is 2.77. The molecule has 0 spiro atoms. The molecule has 0 saturated carbocycles. The summed E-state index contributed by atoms with van der Waals surface area (Å²) in [4.78, 5) is 0. The molecule has 2 rings (SSSR count). The summed E-state index contributed by atoms with van der Waals surface area (Å²) >= 11 is 0. The fourth-order valence-corrected chi connectivity index (χ4v) is 2.30. The van der Waals surface area contributed by atoms with Crippen LogP contribution in [0, 0.1) is 11.7 Å². The van der Waals surface area contributed by atoms with E-state index < -0.39 is 0 Å². The first kappa shape index (κ1) is 12.2. The Balaban J connectivity index is 1.95. The molecule has 3 N–H and O–H groups in total. The van der Waals surface area contributed by atoms with Crippen molar-refractivity contribution in [1.82, 2.24) is 0 Å². The number of ether oxygens (including phenoxy) is 1. The van der Waals surface area contributed by atoms with Crippen molar-refractivity contribution in [3.63, 3.8) is 0 Å². The normalized spacial score (nSPS) is 23.9. The highest BCUT2D eigenvalue weighted by atomic mass is 19.1. The Morgan fingerprint density at radius 2 is 2.35 bits per heavy atom. The van der Waals surface area contributed by atoms with E-state index in [1.54, 1.807) is 6.07 Å². The van der Waals surface area contributed by atoms with E-state index in [9.17, 15) is 4.39 Å². The summed E-state index contributed by atoms with van der Waals surface area (Å²) in [6, 6.07) is 4.39. The smallest absolute Gasteiger partial charge is 0.125 e. The summed E-state index contributed by atoms with van der Waals surface area (Å²) in [7, 11) is 0. The van der Waals surface area contributed by atoms with Gasteiger partial charge in [0, 0.05) is 19.1 Å². The molecule has 3 nitrogen and oxygen atoms in total. The SMILES string of the molecule is CCC1OCCC1CNc1cc(F)ccc1N. The van der Waals surface area contributed by atoms with Crippen molar-refractivity contribution in [2.75, 3.05) is 24.2 Å². The van der Waals surface area contributed by atoms with Gasteiger partial charge in [0.25, 0.3) is 0 Å². The Labute approximate surface area is 101 Å². The predicted octanol–water partition coefficient (Wildman–Crippen LogP) is 2.63. The van der Waals surface area contributed by atoms with Gasteiger partial charge in [-0.15, -0.1) is 0 Å². The number of nitrogens with two attached hydrogens (primary N) is 1. The molecule has 1 fully saturated rings. The molecule has 0 amide bonds. The van der Waals surface area contributed by atoms with Gasteiger partial charge in [-0.25, -0.2) is 4.39 Å². The number of hydrogen-bond donors (Lipinski definition) is 2. The van der Waals surface area contributed by atoms with E-state index in [-0.39, 0.29) is 5.82 Å². The topological polar surface area (TPSA) is 47.3 Å². The van der Waals surface area contributed by atoms with Crippen LogP contribution in [0.15, 0.2) is 18.2 Å². The molecule has 0 aliphatic carbocycles. The van der Waals surface area contributed by atoms with Crippen LogP contribution in [-0.2, 0) is 4.74 Å². The zero-order chi connectivity index (χ0) is 12.3.